The van der Waals surface area contributed by atoms with Crippen LogP contribution in [0.25, 0.3) is 21.8 Å². The van der Waals surface area contributed by atoms with Gasteiger partial charge in [0, 0.05) is 46.6 Å². The number of nitrogens with zero attached hydrogens (tertiary/aromatic N) is 1. The molecular weight excluding hydrogens is 386 g/mol. The van der Waals surface area contributed by atoms with Crippen molar-refractivity contribution in [2.75, 3.05) is 10.0 Å². The molecule has 0 fully saturated rings. The van der Waals surface area contributed by atoms with Crippen molar-refractivity contribution in [2.24, 2.45) is 0 Å². The third-order valence-electron chi connectivity index (χ3n) is 4.83. The first-order valence-corrected chi connectivity index (χ1v) is 10.8. The van der Waals surface area contributed by atoms with Gasteiger partial charge in [0.05, 0.1) is 4.90 Å². The van der Waals surface area contributed by atoms with Crippen LogP contribution < -0.4 is 10.0 Å². The van der Waals surface area contributed by atoms with E-state index in [0.717, 1.165) is 28.4 Å². The normalized spacial score (nSPS) is 11.7. The Kier molecular flexibility index (Phi) is 4.76. The number of aromatic nitrogens is 1. The van der Waals surface area contributed by atoms with Gasteiger partial charge in [0.25, 0.3) is 10.0 Å². The van der Waals surface area contributed by atoms with Crippen molar-refractivity contribution in [3.8, 4) is 0 Å². The fourth-order valence-electron chi connectivity index (χ4n) is 3.59. The van der Waals surface area contributed by atoms with Crippen molar-refractivity contribution in [1.82, 2.24) is 4.57 Å². The number of aryl methyl sites for hydroxylation is 1. The quantitative estimate of drug-likeness (QED) is 0.508. The lowest BCUT2D eigenvalue weighted by Crippen LogP contribution is -2.13. The Morgan fingerprint density at radius 3 is 2.24 bits per heavy atom. The fourth-order valence-corrected chi connectivity index (χ4v) is 4.64. The molecule has 0 bridgehead atoms. The second-order valence-corrected chi connectivity index (χ2v) is 8.49. The molecule has 1 amide bonds. The number of hydrogen-bond donors (Lipinski definition) is 2. The lowest BCUT2D eigenvalue weighted by molar-refractivity contribution is -0.114. The lowest BCUT2D eigenvalue weighted by Gasteiger charge is -2.10. The highest BCUT2D eigenvalue weighted by atomic mass is 32.2. The number of sulfonamides is 1. The zero-order valence-corrected chi connectivity index (χ0v) is 17.0. The summed E-state index contributed by atoms with van der Waals surface area (Å²) in [4.78, 5) is 11.2. The number of rotatable bonds is 5. The van der Waals surface area contributed by atoms with Crippen LogP contribution in [0.15, 0.2) is 71.6 Å². The summed E-state index contributed by atoms with van der Waals surface area (Å²) in [6.07, 6.45) is 0. The van der Waals surface area contributed by atoms with E-state index >= 15 is 0 Å². The second kappa shape index (κ2) is 7.25. The van der Waals surface area contributed by atoms with Crippen molar-refractivity contribution < 1.29 is 13.2 Å². The molecule has 0 aliphatic heterocycles. The second-order valence-electron chi connectivity index (χ2n) is 6.80. The van der Waals surface area contributed by atoms with Crippen LogP contribution in [0.2, 0.25) is 0 Å². The van der Waals surface area contributed by atoms with Crippen LogP contribution in [0, 0.1) is 0 Å². The van der Waals surface area contributed by atoms with Crippen molar-refractivity contribution >= 4 is 49.1 Å². The topological polar surface area (TPSA) is 80.2 Å². The Bertz CT molecular complexity index is 1320. The van der Waals surface area contributed by atoms with Gasteiger partial charge in [-0.05, 0) is 55.5 Å². The summed E-state index contributed by atoms with van der Waals surface area (Å²) in [5.41, 5.74) is 3.24. The Balaban J connectivity index is 1.70. The van der Waals surface area contributed by atoms with E-state index in [1.807, 2.05) is 30.3 Å². The van der Waals surface area contributed by atoms with E-state index in [0.29, 0.717) is 11.4 Å². The van der Waals surface area contributed by atoms with Gasteiger partial charge in [-0.3, -0.25) is 9.52 Å². The maximum Gasteiger partial charge on any atom is 0.261 e. The molecule has 0 atom stereocenters. The number of benzene rings is 3. The summed E-state index contributed by atoms with van der Waals surface area (Å²) in [6.45, 7) is 4.32. The molecule has 6 nitrogen and oxygen atoms in total. The number of fused-ring (bicyclic) bond motifs is 3. The zero-order valence-electron chi connectivity index (χ0n) is 16.1. The van der Waals surface area contributed by atoms with Gasteiger partial charge in [-0.25, -0.2) is 8.42 Å². The summed E-state index contributed by atoms with van der Waals surface area (Å²) < 4.78 is 30.5. The predicted molar refractivity (Wildman–Crippen MR) is 117 cm³/mol. The van der Waals surface area contributed by atoms with Gasteiger partial charge >= 0.3 is 0 Å². The number of anilines is 2. The van der Waals surface area contributed by atoms with Crippen LogP contribution in [0.5, 0.6) is 0 Å². The first-order chi connectivity index (χ1) is 13.9. The summed E-state index contributed by atoms with van der Waals surface area (Å²) in [7, 11) is -3.75. The summed E-state index contributed by atoms with van der Waals surface area (Å²) >= 11 is 0. The van der Waals surface area contributed by atoms with Gasteiger partial charge in [0.2, 0.25) is 5.91 Å². The average Bonchev–Trinajstić information content (AvgIpc) is 3.01. The monoisotopic (exact) mass is 407 g/mol. The van der Waals surface area contributed by atoms with Crippen molar-refractivity contribution in [3.63, 3.8) is 0 Å². The van der Waals surface area contributed by atoms with Crippen LogP contribution in [-0.4, -0.2) is 18.9 Å². The Hall–Kier alpha value is -3.32. The molecule has 148 valence electrons. The number of amides is 1. The van der Waals surface area contributed by atoms with Gasteiger partial charge in [-0.15, -0.1) is 0 Å². The smallest absolute Gasteiger partial charge is 0.261 e. The minimum Gasteiger partial charge on any atom is -0.341 e. The molecule has 4 rings (SSSR count). The molecule has 0 aliphatic carbocycles. The molecule has 1 aromatic heterocycles. The maximum atomic E-state index is 12.8. The Morgan fingerprint density at radius 1 is 0.897 bits per heavy atom. The molecule has 29 heavy (non-hydrogen) atoms. The highest BCUT2D eigenvalue weighted by molar-refractivity contribution is 7.92. The zero-order chi connectivity index (χ0) is 20.6. The molecule has 1 heterocycles. The summed E-state index contributed by atoms with van der Waals surface area (Å²) in [5.74, 6) is -0.210. The number of nitrogens with one attached hydrogen (secondary N) is 2. The molecule has 0 unspecified atom stereocenters. The van der Waals surface area contributed by atoms with E-state index in [-0.39, 0.29) is 10.8 Å². The highest BCUT2D eigenvalue weighted by Crippen LogP contribution is 2.31. The van der Waals surface area contributed by atoms with Gasteiger partial charge in [0.1, 0.15) is 0 Å². The van der Waals surface area contributed by atoms with E-state index in [4.69, 9.17) is 0 Å². The predicted octanol–water partition coefficient (Wildman–Crippen LogP) is 4.57. The van der Waals surface area contributed by atoms with Crippen LogP contribution in [0.4, 0.5) is 11.4 Å². The summed E-state index contributed by atoms with van der Waals surface area (Å²) in [5, 5.41) is 4.71. The lowest BCUT2D eigenvalue weighted by atomic mass is 10.1. The van der Waals surface area contributed by atoms with Crippen LogP contribution in [0.3, 0.4) is 0 Å². The van der Waals surface area contributed by atoms with E-state index in [1.54, 1.807) is 18.2 Å². The third-order valence-corrected chi connectivity index (χ3v) is 6.22. The van der Waals surface area contributed by atoms with Crippen molar-refractivity contribution in [3.05, 3.63) is 66.7 Å². The molecule has 7 heteroatoms. The van der Waals surface area contributed by atoms with E-state index in [2.05, 4.69) is 27.6 Å². The maximum absolute atomic E-state index is 12.8. The standard InChI is InChI=1S/C22H21N3O3S/c1-3-25-21-7-5-4-6-19(21)20-14-17(10-13-22(20)25)24-29(27,28)18-11-8-16(9-12-18)23-15(2)26/h4-14,24H,3H2,1-2H3,(H,23,26). The minimum absolute atomic E-state index is 0.127. The molecule has 0 spiro atoms. The van der Waals surface area contributed by atoms with Gasteiger partial charge in [-0.1, -0.05) is 18.2 Å². The first-order valence-electron chi connectivity index (χ1n) is 9.30. The van der Waals surface area contributed by atoms with Crippen molar-refractivity contribution in [1.29, 1.82) is 0 Å². The third kappa shape index (κ3) is 3.56. The van der Waals surface area contributed by atoms with Gasteiger partial charge in [0.15, 0.2) is 0 Å². The fraction of sp³-hybridized carbons (Fsp3) is 0.136. The number of carbonyl (C=O) groups excluding carboxylic acids is 1. The molecule has 2 N–H and O–H groups in total. The minimum atomic E-state index is -3.75. The average molecular weight is 407 g/mol. The largest absolute Gasteiger partial charge is 0.341 e. The molecule has 4 aromatic rings. The molecular formula is C22H21N3O3S. The number of carbonyl (C=O) groups is 1. The van der Waals surface area contributed by atoms with Gasteiger partial charge < -0.3 is 9.88 Å². The number of para-hydroxylation sites is 1. The molecule has 0 saturated heterocycles. The molecule has 3 aromatic carbocycles. The van der Waals surface area contributed by atoms with E-state index in [9.17, 15) is 13.2 Å². The van der Waals surface area contributed by atoms with E-state index in [1.165, 1.54) is 19.1 Å². The van der Waals surface area contributed by atoms with Gasteiger partial charge in [-0.2, -0.15) is 0 Å². The molecule has 0 aliphatic rings. The first kappa shape index (κ1) is 19.0. The molecule has 0 saturated carbocycles. The molecule has 0 radical (unpaired) electrons. The SMILES string of the molecule is CCn1c2ccccc2c2cc(NS(=O)(=O)c3ccc(NC(C)=O)cc3)ccc21. The van der Waals surface area contributed by atoms with Crippen molar-refractivity contribution in [2.45, 2.75) is 25.3 Å². The van der Waals surface area contributed by atoms with Crippen LogP contribution >= 0.6 is 0 Å². The van der Waals surface area contributed by atoms with E-state index < -0.39 is 10.0 Å². The van der Waals surface area contributed by atoms with Crippen LogP contribution in [-0.2, 0) is 21.4 Å². The Morgan fingerprint density at radius 2 is 1.55 bits per heavy atom. The number of hydrogen-bond acceptors (Lipinski definition) is 3. The van der Waals surface area contributed by atoms with Crippen LogP contribution in [0.1, 0.15) is 13.8 Å². The Labute approximate surface area is 169 Å². The highest BCUT2D eigenvalue weighted by Gasteiger charge is 2.16. The summed E-state index contributed by atoms with van der Waals surface area (Å²) in [6, 6.07) is 19.7.